The lowest BCUT2D eigenvalue weighted by Gasteiger charge is -2.11. The van der Waals surface area contributed by atoms with E-state index in [1.54, 1.807) is 42.5 Å². The zero-order valence-electron chi connectivity index (χ0n) is 16.1. The summed E-state index contributed by atoms with van der Waals surface area (Å²) >= 11 is 11.9. The van der Waals surface area contributed by atoms with Gasteiger partial charge in [-0.2, -0.15) is 0 Å². The van der Waals surface area contributed by atoms with Crippen LogP contribution in [-0.4, -0.2) is 38.2 Å². The Labute approximate surface area is 182 Å². The number of aliphatic imine (C=N–C) groups is 1. The average Bonchev–Trinajstić information content (AvgIpc) is 3.09. The van der Waals surface area contributed by atoms with Gasteiger partial charge in [0.05, 0.1) is 23.8 Å². The molecule has 2 aromatic carbocycles. The van der Waals surface area contributed by atoms with Crippen molar-refractivity contribution in [1.29, 1.82) is 0 Å². The molecule has 0 saturated heterocycles. The molecule has 1 heterocycles. The van der Waals surface area contributed by atoms with E-state index < -0.39 is 11.9 Å². The third kappa shape index (κ3) is 5.11. The van der Waals surface area contributed by atoms with Gasteiger partial charge in [0.1, 0.15) is 0 Å². The maximum absolute atomic E-state index is 12.2. The predicted molar refractivity (Wildman–Crippen MR) is 112 cm³/mol. The predicted octanol–water partition coefficient (Wildman–Crippen LogP) is 4.29. The molecule has 2 aromatic rings. The summed E-state index contributed by atoms with van der Waals surface area (Å²) in [4.78, 5) is 27.8. The van der Waals surface area contributed by atoms with Crippen LogP contribution < -0.4 is 9.47 Å². The summed E-state index contributed by atoms with van der Waals surface area (Å²) in [5.41, 5.74) is 1.28. The lowest BCUT2D eigenvalue weighted by molar-refractivity contribution is -0.143. The summed E-state index contributed by atoms with van der Waals surface area (Å²) < 4.78 is 20.8. The minimum Gasteiger partial charge on any atom is -0.490 e. The molecule has 3 rings (SSSR count). The zero-order chi connectivity index (χ0) is 21.7. The Kier molecular flexibility index (Phi) is 6.97. The fourth-order valence-corrected chi connectivity index (χ4v) is 2.82. The summed E-state index contributed by atoms with van der Waals surface area (Å²) in [5, 5.41) is 0.716. The zero-order valence-corrected chi connectivity index (χ0v) is 17.6. The van der Waals surface area contributed by atoms with Crippen molar-refractivity contribution in [2.45, 2.75) is 6.92 Å². The number of cyclic esters (lactones) is 1. The fourth-order valence-electron chi connectivity index (χ4n) is 2.52. The second kappa shape index (κ2) is 9.65. The average molecular weight is 450 g/mol. The molecule has 7 nitrogen and oxygen atoms in total. The normalized spacial score (nSPS) is 14.3. The first-order valence-electron chi connectivity index (χ1n) is 8.85. The summed E-state index contributed by atoms with van der Waals surface area (Å²) in [5.74, 6) is -0.191. The van der Waals surface area contributed by atoms with Gasteiger partial charge >= 0.3 is 11.9 Å². The Balaban J connectivity index is 1.86. The number of ether oxygens (including phenoxy) is 4. The Bertz CT molecular complexity index is 1050. The maximum Gasteiger partial charge on any atom is 0.363 e. The molecule has 0 bridgehead atoms. The molecule has 0 radical (unpaired) electrons. The van der Waals surface area contributed by atoms with E-state index in [1.807, 2.05) is 6.92 Å². The molecule has 0 spiro atoms. The van der Waals surface area contributed by atoms with Gasteiger partial charge in [-0.05, 0) is 48.9 Å². The highest BCUT2D eigenvalue weighted by Crippen LogP contribution is 2.31. The number of hydrogen-bond donors (Lipinski definition) is 0. The van der Waals surface area contributed by atoms with Gasteiger partial charge in [-0.3, -0.25) is 0 Å². The van der Waals surface area contributed by atoms with Gasteiger partial charge in [0, 0.05) is 5.56 Å². The van der Waals surface area contributed by atoms with Crippen molar-refractivity contribution in [3.63, 3.8) is 0 Å². The number of methoxy groups -OCH3 is 1. The summed E-state index contributed by atoms with van der Waals surface area (Å²) in [7, 11) is 1.28. The smallest absolute Gasteiger partial charge is 0.363 e. The molecule has 0 fully saturated rings. The summed E-state index contributed by atoms with van der Waals surface area (Å²) in [6.45, 7) is 1.95. The molecular weight excluding hydrogens is 433 g/mol. The van der Waals surface area contributed by atoms with Crippen LogP contribution in [0.1, 0.15) is 18.1 Å². The van der Waals surface area contributed by atoms with Crippen LogP contribution in [0.2, 0.25) is 10.0 Å². The number of carbonyl (C=O) groups is 2. The molecule has 30 heavy (non-hydrogen) atoms. The van der Waals surface area contributed by atoms with E-state index in [2.05, 4.69) is 9.73 Å². The molecule has 0 aliphatic carbocycles. The molecule has 156 valence electrons. The first-order valence-corrected chi connectivity index (χ1v) is 9.61. The van der Waals surface area contributed by atoms with Crippen LogP contribution in [0.4, 0.5) is 0 Å². The third-order valence-electron chi connectivity index (χ3n) is 3.93. The Morgan fingerprint density at radius 1 is 1.10 bits per heavy atom. The van der Waals surface area contributed by atoms with Crippen LogP contribution in [0.3, 0.4) is 0 Å². The van der Waals surface area contributed by atoms with Crippen molar-refractivity contribution in [2.24, 2.45) is 4.99 Å². The topological polar surface area (TPSA) is 83.4 Å². The van der Waals surface area contributed by atoms with E-state index in [0.717, 1.165) is 0 Å². The maximum atomic E-state index is 12.2. The molecule has 9 heteroatoms. The van der Waals surface area contributed by atoms with Crippen molar-refractivity contribution in [3.05, 3.63) is 63.3 Å². The van der Waals surface area contributed by atoms with Gasteiger partial charge in [-0.25, -0.2) is 14.6 Å². The van der Waals surface area contributed by atoms with E-state index >= 15 is 0 Å². The van der Waals surface area contributed by atoms with Crippen LogP contribution >= 0.6 is 23.2 Å². The van der Waals surface area contributed by atoms with Crippen molar-refractivity contribution < 1.29 is 28.5 Å². The summed E-state index contributed by atoms with van der Waals surface area (Å²) in [6.07, 6.45) is 1.56. The van der Waals surface area contributed by atoms with Crippen molar-refractivity contribution >= 4 is 47.1 Å². The van der Waals surface area contributed by atoms with Gasteiger partial charge < -0.3 is 18.9 Å². The van der Waals surface area contributed by atoms with E-state index in [9.17, 15) is 9.59 Å². The fraction of sp³-hybridized carbons (Fsp3) is 0.190. The molecular formula is C21H17Cl2NO6. The number of nitrogens with zero attached hydrogens (tertiary/aromatic N) is 1. The highest BCUT2D eigenvalue weighted by atomic mass is 35.5. The Morgan fingerprint density at radius 2 is 1.90 bits per heavy atom. The molecule has 1 aliphatic rings. The minimum atomic E-state index is -0.597. The highest BCUT2D eigenvalue weighted by molar-refractivity contribution is 6.42. The van der Waals surface area contributed by atoms with Crippen molar-refractivity contribution in [1.82, 2.24) is 0 Å². The van der Waals surface area contributed by atoms with E-state index in [0.29, 0.717) is 39.3 Å². The summed E-state index contributed by atoms with van der Waals surface area (Å²) in [6, 6.07) is 9.82. The van der Waals surface area contributed by atoms with Crippen LogP contribution in [-0.2, 0) is 19.1 Å². The standard InChI is InChI=1S/C21H17Cl2NO6/c1-3-28-18-9-12(4-7-17(18)29-11-19(25)27-2)8-16-21(26)30-20(24-16)13-5-6-14(22)15(23)10-13/h4-10H,3,11H2,1-2H3/b16-8-. The molecule has 0 N–H and O–H groups in total. The lowest BCUT2D eigenvalue weighted by Crippen LogP contribution is -2.13. The van der Waals surface area contributed by atoms with Gasteiger partial charge in [-0.15, -0.1) is 0 Å². The van der Waals surface area contributed by atoms with E-state index in [1.165, 1.54) is 7.11 Å². The van der Waals surface area contributed by atoms with Gasteiger partial charge in [0.25, 0.3) is 0 Å². The van der Waals surface area contributed by atoms with Gasteiger partial charge in [0.15, 0.2) is 23.8 Å². The monoisotopic (exact) mass is 449 g/mol. The molecule has 0 saturated carbocycles. The SMILES string of the molecule is CCOc1cc(/C=C2\N=C(c3ccc(Cl)c(Cl)c3)OC2=O)ccc1OCC(=O)OC. The number of rotatable bonds is 7. The van der Waals surface area contributed by atoms with Crippen LogP contribution in [0.25, 0.3) is 6.08 Å². The first-order chi connectivity index (χ1) is 14.4. The van der Waals surface area contributed by atoms with Crippen molar-refractivity contribution in [3.8, 4) is 11.5 Å². The molecule has 0 atom stereocenters. The minimum absolute atomic E-state index is 0.113. The number of hydrogen-bond acceptors (Lipinski definition) is 7. The Hall–Kier alpha value is -3.03. The molecule has 0 amide bonds. The van der Waals surface area contributed by atoms with Crippen molar-refractivity contribution in [2.75, 3.05) is 20.3 Å². The number of esters is 2. The first kappa shape index (κ1) is 21.7. The number of carbonyl (C=O) groups excluding carboxylic acids is 2. The van der Waals surface area contributed by atoms with Gasteiger partial charge in [0.2, 0.25) is 5.90 Å². The second-order valence-electron chi connectivity index (χ2n) is 5.97. The largest absolute Gasteiger partial charge is 0.490 e. The second-order valence-corrected chi connectivity index (χ2v) is 6.78. The number of benzene rings is 2. The van der Waals surface area contributed by atoms with Crippen LogP contribution in [0, 0.1) is 0 Å². The Morgan fingerprint density at radius 3 is 2.60 bits per heavy atom. The van der Waals surface area contributed by atoms with Crippen LogP contribution in [0.5, 0.6) is 11.5 Å². The van der Waals surface area contributed by atoms with E-state index in [4.69, 9.17) is 37.4 Å². The highest BCUT2D eigenvalue weighted by Gasteiger charge is 2.24. The molecule has 0 aromatic heterocycles. The van der Waals surface area contributed by atoms with E-state index in [-0.39, 0.29) is 18.2 Å². The quantitative estimate of drug-likeness (QED) is 0.463. The third-order valence-corrected chi connectivity index (χ3v) is 4.67. The molecule has 1 aliphatic heterocycles. The van der Waals surface area contributed by atoms with Crippen LogP contribution in [0.15, 0.2) is 47.1 Å². The van der Waals surface area contributed by atoms with Gasteiger partial charge in [-0.1, -0.05) is 29.3 Å². The molecule has 0 unspecified atom stereocenters. The lowest BCUT2D eigenvalue weighted by atomic mass is 10.1. The number of halogens is 2.